The predicted octanol–water partition coefficient (Wildman–Crippen LogP) is 5.89. The highest BCUT2D eigenvalue weighted by molar-refractivity contribution is 6.30. The molecule has 0 aliphatic carbocycles. The number of halogens is 1. The van der Waals surface area contributed by atoms with Gasteiger partial charge in [-0.05, 0) is 60.9 Å². The van der Waals surface area contributed by atoms with E-state index in [4.69, 9.17) is 11.6 Å². The molecule has 1 heterocycles. The highest BCUT2D eigenvalue weighted by Crippen LogP contribution is 2.27. The van der Waals surface area contributed by atoms with E-state index in [1.165, 1.54) is 16.8 Å². The van der Waals surface area contributed by atoms with Crippen LogP contribution >= 0.6 is 11.6 Å². The SMILES string of the molecule is Cc1c(C)n(Cc2ccccc2)c2ccc(C(=O)NCc3ccc(Cl)cc3)cc12. The van der Waals surface area contributed by atoms with Crippen LogP contribution in [0.1, 0.15) is 32.7 Å². The summed E-state index contributed by atoms with van der Waals surface area (Å²) in [6.07, 6.45) is 0. The first-order valence-electron chi connectivity index (χ1n) is 9.69. The number of rotatable bonds is 5. The summed E-state index contributed by atoms with van der Waals surface area (Å²) >= 11 is 5.92. The number of hydrogen-bond donors (Lipinski definition) is 1. The van der Waals surface area contributed by atoms with Gasteiger partial charge in [0.25, 0.3) is 5.91 Å². The molecule has 4 rings (SSSR count). The molecule has 0 radical (unpaired) electrons. The van der Waals surface area contributed by atoms with Gasteiger partial charge in [-0.2, -0.15) is 0 Å². The van der Waals surface area contributed by atoms with Crippen LogP contribution in [0.25, 0.3) is 10.9 Å². The topological polar surface area (TPSA) is 34.0 Å². The van der Waals surface area contributed by atoms with Crippen molar-refractivity contribution >= 4 is 28.4 Å². The highest BCUT2D eigenvalue weighted by atomic mass is 35.5. The Morgan fingerprint density at radius 3 is 2.38 bits per heavy atom. The molecule has 0 bridgehead atoms. The average Bonchev–Trinajstić information content (AvgIpc) is 2.98. The molecular weight excluding hydrogens is 380 g/mol. The maximum atomic E-state index is 12.7. The molecule has 3 nitrogen and oxygen atoms in total. The Bertz CT molecular complexity index is 1160. The molecule has 1 aromatic heterocycles. The van der Waals surface area contributed by atoms with E-state index >= 15 is 0 Å². The molecule has 0 aliphatic rings. The molecule has 0 aliphatic heterocycles. The fourth-order valence-corrected chi connectivity index (χ4v) is 3.77. The molecular formula is C25H23ClN2O. The molecule has 0 fully saturated rings. The van der Waals surface area contributed by atoms with Gasteiger partial charge in [0.1, 0.15) is 0 Å². The summed E-state index contributed by atoms with van der Waals surface area (Å²) in [5, 5.41) is 4.81. The number of nitrogens with zero attached hydrogens (tertiary/aromatic N) is 1. The number of carbonyl (C=O) groups excluding carboxylic acids is 1. The van der Waals surface area contributed by atoms with E-state index in [1.54, 1.807) is 0 Å². The summed E-state index contributed by atoms with van der Waals surface area (Å²) in [4.78, 5) is 12.7. The van der Waals surface area contributed by atoms with Gasteiger partial charge < -0.3 is 9.88 Å². The Balaban J connectivity index is 1.58. The smallest absolute Gasteiger partial charge is 0.251 e. The third kappa shape index (κ3) is 4.06. The number of benzene rings is 3. The number of hydrogen-bond acceptors (Lipinski definition) is 1. The molecule has 0 saturated heterocycles. The average molecular weight is 403 g/mol. The Labute approximate surface area is 175 Å². The van der Waals surface area contributed by atoms with Crippen molar-refractivity contribution in [3.8, 4) is 0 Å². The monoisotopic (exact) mass is 402 g/mol. The van der Waals surface area contributed by atoms with E-state index in [2.05, 4.69) is 54.1 Å². The van der Waals surface area contributed by atoms with Crippen LogP contribution in [0.5, 0.6) is 0 Å². The minimum absolute atomic E-state index is 0.0743. The van der Waals surface area contributed by atoms with Gasteiger partial charge in [-0.25, -0.2) is 0 Å². The van der Waals surface area contributed by atoms with Crippen LogP contribution in [0.15, 0.2) is 72.8 Å². The van der Waals surface area contributed by atoms with Gasteiger partial charge >= 0.3 is 0 Å². The molecule has 146 valence electrons. The maximum absolute atomic E-state index is 12.7. The van der Waals surface area contributed by atoms with E-state index in [0.717, 1.165) is 23.0 Å². The maximum Gasteiger partial charge on any atom is 0.251 e. The second kappa shape index (κ2) is 8.14. The largest absolute Gasteiger partial charge is 0.348 e. The van der Waals surface area contributed by atoms with Crippen molar-refractivity contribution in [2.75, 3.05) is 0 Å². The summed E-state index contributed by atoms with van der Waals surface area (Å²) in [5.41, 5.74) is 6.54. The van der Waals surface area contributed by atoms with Crippen molar-refractivity contribution in [2.24, 2.45) is 0 Å². The lowest BCUT2D eigenvalue weighted by molar-refractivity contribution is 0.0951. The van der Waals surface area contributed by atoms with Crippen molar-refractivity contribution in [1.82, 2.24) is 9.88 Å². The zero-order chi connectivity index (χ0) is 20.4. The molecule has 0 atom stereocenters. The minimum Gasteiger partial charge on any atom is -0.348 e. The minimum atomic E-state index is -0.0743. The van der Waals surface area contributed by atoms with Crippen LogP contribution in [0.4, 0.5) is 0 Å². The van der Waals surface area contributed by atoms with E-state index in [0.29, 0.717) is 17.1 Å². The number of aryl methyl sites for hydroxylation is 1. The number of amides is 1. The first-order valence-corrected chi connectivity index (χ1v) is 10.1. The summed E-state index contributed by atoms with van der Waals surface area (Å²) in [5.74, 6) is -0.0743. The third-order valence-corrected chi connectivity index (χ3v) is 5.70. The lowest BCUT2D eigenvalue weighted by Crippen LogP contribution is -2.22. The van der Waals surface area contributed by atoms with Gasteiger partial charge in [-0.15, -0.1) is 0 Å². The van der Waals surface area contributed by atoms with Crippen LogP contribution in [0.3, 0.4) is 0 Å². The van der Waals surface area contributed by atoms with Crippen molar-refractivity contribution in [2.45, 2.75) is 26.9 Å². The molecule has 4 heteroatoms. The van der Waals surface area contributed by atoms with Gasteiger partial charge in [0.15, 0.2) is 0 Å². The number of fused-ring (bicyclic) bond motifs is 1. The molecule has 0 saturated carbocycles. The van der Waals surface area contributed by atoms with Crippen molar-refractivity contribution in [1.29, 1.82) is 0 Å². The first-order chi connectivity index (χ1) is 14.0. The van der Waals surface area contributed by atoms with Crippen molar-refractivity contribution < 1.29 is 4.79 Å². The van der Waals surface area contributed by atoms with E-state index in [1.807, 2.05) is 42.5 Å². The zero-order valence-corrected chi connectivity index (χ0v) is 17.3. The fraction of sp³-hybridized carbons (Fsp3) is 0.160. The van der Waals surface area contributed by atoms with Gasteiger partial charge in [0.05, 0.1) is 0 Å². The van der Waals surface area contributed by atoms with Crippen molar-refractivity contribution in [3.05, 3.63) is 106 Å². The number of carbonyl (C=O) groups is 1. The fourth-order valence-electron chi connectivity index (χ4n) is 3.65. The molecule has 3 aromatic carbocycles. The Hall–Kier alpha value is -3.04. The molecule has 29 heavy (non-hydrogen) atoms. The summed E-state index contributed by atoms with van der Waals surface area (Å²) in [7, 11) is 0. The van der Waals surface area contributed by atoms with E-state index < -0.39 is 0 Å². The normalized spacial score (nSPS) is 11.0. The lowest BCUT2D eigenvalue weighted by atomic mass is 10.1. The van der Waals surface area contributed by atoms with Crippen LogP contribution in [0.2, 0.25) is 5.02 Å². The quantitative estimate of drug-likeness (QED) is 0.443. The van der Waals surface area contributed by atoms with Gasteiger partial charge in [0.2, 0.25) is 0 Å². The molecule has 1 N–H and O–H groups in total. The standard InChI is InChI=1S/C25H23ClN2O/c1-17-18(2)28(16-20-6-4-3-5-7-20)24-13-10-21(14-23(17)24)25(29)27-15-19-8-11-22(26)12-9-19/h3-14H,15-16H2,1-2H3,(H,27,29). The lowest BCUT2D eigenvalue weighted by Gasteiger charge is -2.09. The predicted molar refractivity (Wildman–Crippen MR) is 120 cm³/mol. The number of nitrogens with one attached hydrogen (secondary N) is 1. The Morgan fingerprint density at radius 1 is 0.931 bits per heavy atom. The summed E-state index contributed by atoms with van der Waals surface area (Å²) in [6.45, 7) is 5.55. The highest BCUT2D eigenvalue weighted by Gasteiger charge is 2.14. The zero-order valence-electron chi connectivity index (χ0n) is 16.6. The van der Waals surface area contributed by atoms with E-state index in [9.17, 15) is 4.79 Å². The third-order valence-electron chi connectivity index (χ3n) is 5.45. The van der Waals surface area contributed by atoms with Crippen LogP contribution in [0, 0.1) is 13.8 Å². The van der Waals surface area contributed by atoms with Gasteiger partial charge in [-0.1, -0.05) is 54.1 Å². The Kier molecular flexibility index (Phi) is 5.41. The van der Waals surface area contributed by atoms with Crippen LogP contribution in [-0.2, 0) is 13.1 Å². The second-order valence-electron chi connectivity index (χ2n) is 7.32. The van der Waals surface area contributed by atoms with Crippen LogP contribution in [-0.4, -0.2) is 10.5 Å². The number of aromatic nitrogens is 1. The van der Waals surface area contributed by atoms with Crippen LogP contribution < -0.4 is 5.32 Å². The molecule has 0 spiro atoms. The Morgan fingerprint density at radius 2 is 1.66 bits per heavy atom. The first kappa shape index (κ1) is 19.3. The summed E-state index contributed by atoms with van der Waals surface area (Å²) < 4.78 is 2.31. The van der Waals surface area contributed by atoms with Crippen molar-refractivity contribution in [3.63, 3.8) is 0 Å². The van der Waals surface area contributed by atoms with E-state index in [-0.39, 0.29) is 5.91 Å². The molecule has 4 aromatic rings. The molecule has 1 amide bonds. The molecule has 0 unspecified atom stereocenters. The summed E-state index contributed by atoms with van der Waals surface area (Å²) in [6, 6.07) is 23.9. The van der Waals surface area contributed by atoms with Gasteiger partial charge in [0, 0.05) is 40.3 Å². The second-order valence-corrected chi connectivity index (χ2v) is 7.76. The van der Waals surface area contributed by atoms with Gasteiger partial charge in [-0.3, -0.25) is 4.79 Å².